The molecule has 0 unspecified atom stereocenters. The highest BCUT2D eigenvalue weighted by atomic mass is 32.2. The van der Waals surface area contributed by atoms with Crippen LogP contribution in [0.25, 0.3) is 11.3 Å². The Bertz CT molecular complexity index is 1010. The molecule has 2 aromatic heterocycles. The van der Waals surface area contributed by atoms with Gasteiger partial charge >= 0.3 is 0 Å². The van der Waals surface area contributed by atoms with Gasteiger partial charge in [0.25, 0.3) is 10.2 Å². The van der Waals surface area contributed by atoms with Crippen LogP contribution in [0.5, 0.6) is 5.88 Å². The Morgan fingerprint density at radius 1 is 1.23 bits per heavy atom. The van der Waals surface area contributed by atoms with Gasteiger partial charge in [0, 0.05) is 70.1 Å². The summed E-state index contributed by atoms with van der Waals surface area (Å²) in [5.41, 5.74) is 6.92. The molecule has 0 bridgehead atoms. The molecule has 13 heteroatoms. The highest BCUT2D eigenvalue weighted by Gasteiger charge is 2.38. The molecule has 2 aliphatic rings. The van der Waals surface area contributed by atoms with Crippen molar-refractivity contribution < 1.29 is 17.9 Å². The van der Waals surface area contributed by atoms with E-state index in [1.54, 1.807) is 25.5 Å². The van der Waals surface area contributed by atoms with Crippen LogP contribution in [0.4, 0.5) is 11.9 Å². The van der Waals surface area contributed by atoms with Crippen molar-refractivity contribution in [2.75, 3.05) is 51.0 Å². The van der Waals surface area contributed by atoms with E-state index in [0.29, 0.717) is 62.2 Å². The minimum Gasteiger partial charge on any atom is -0.474 e. The number of nitrogens with zero attached hydrogens (tertiary/aromatic N) is 6. The van der Waals surface area contributed by atoms with Crippen molar-refractivity contribution in [1.29, 1.82) is 0 Å². The van der Waals surface area contributed by atoms with Gasteiger partial charge in [-0.05, 0) is 0 Å². The first kappa shape index (κ1) is 21.6. The maximum atomic E-state index is 12.0. The highest BCUT2D eigenvalue weighted by molar-refractivity contribution is 7.87. The summed E-state index contributed by atoms with van der Waals surface area (Å²) in [5, 5.41) is 0. The number of nitrogens with one attached hydrogen (secondary N) is 1. The lowest BCUT2D eigenvalue weighted by molar-refractivity contribution is 0.0556. The van der Waals surface area contributed by atoms with Crippen LogP contribution >= 0.6 is 0 Å². The first-order valence-electron chi connectivity index (χ1n) is 9.98. The number of nitrogen functional groups attached to an aromatic ring is 1. The number of aromatic nitrogens is 4. The van der Waals surface area contributed by atoms with Crippen LogP contribution < -0.4 is 20.1 Å². The van der Waals surface area contributed by atoms with Gasteiger partial charge in [-0.2, -0.15) is 17.7 Å². The molecule has 12 nitrogen and oxygen atoms in total. The summed E-state index contributed by atoms with van der Waals surface area (Å²) in [4.78, 5) is 19.4. The summed E-state index contributed by atoms with van der Waals surface area (Å²) in [7, 11) is -0.502. The van der Waals surface area contributed by atoms with E-state index in [1.807, 2.05) is 4.90 Å². The van der Waals surface area contributed by atoms with Gasteiger partial charge < -0.3 is 20.1 Å². The van der Waals surface area contributed by atoms with E-state index in [1.165, 1.54) is 11.4 Å². The second kappa shape index (κ2) is 8.86. The predicted molar refractivity (Wildman–Crippen MR) is 114 cm³/mol. The number of anilines is 2. The van der Waals surface area contributed by atoms with Crippen LogP contribution in [-0.2, 0) is 14.9 Å². The normalized spacial score (nSPS) is 21.7. The van der Waals surface area contributed by atoms with Crippen molar-refractivity contribution in [3.8, 4) is 17.1 Å². The highest BCUT2D eigenvalue weighted by Crippen LogP contribution is 2.31. The van der Waals surface area contributed by atoms with Crippen LogP contribution in [-0.4, -0.2) is 85.2 Å². The Hall–Kier alpha value is -2.61. The summed E-state index contributed by atoms with van der Waals surface area (Å²) in [6.45, 7) is 2.56. The van der Waals surface area contributed by atoms with Crippen LogP contribution in [0.1, 0.15) is 12.8 Å². The maximum absolute atomic E-state index is 12.0. The molecule has 2 fully saturated rings. The van der Waals surface area contributed by atoms with Gasteiger partial charge in [-0.15, -0.1) is 0 Å². The van der Waals surface area contributed by atoms with Crippen molar-refractivity contribution in [3.63, 3.8) is 0 Å². The largest absolute Gasteiger partial charge is 0.474 e. The van der Waals surface area contributed by atoms with Crippen LogP contribution in [0, 0.1) is 0 Å². The first-order chi connectivity index (χ1) is 14.9. The van der Waals surface area contributed by atoms with Gasteiger partial charge in [-0.1, -0.05) is 0 Å². The summed E-state index contributed by atoms with van der Waals surface area (Å²) in [6.07, 6.45) is 4.23. The molecule has 0 amide bonds. The molecule has 0 spiro atoms. The molecule has 0 atom stereocenters. The Labute approximate surface area is 181 Å². The van der Waals surface area contributed by atoms with E-state index in [4.69, 9.17) is 15.2 Å². The van der Waals surface area contributed by atoms with Gasteiger partial charge in [0.15, 0.2) is 0 Å². The van der Waals surface area contributed by atoms with E-state index in [0.717, 1.165) is 0 Å². The lowest BCUT2D eigenvalue weighted by Crippen LogP contribution is -2.52. The van der Waals surface area contributed by atoms with E-state index in [2.05, 4.69) is 24.7 Å². The third-order valence-corrected chi connectivity index (χ3v) is 7.03. The Morgan fingerprint density at radius 2 is 1.90 bits per heavy atom. The first-order valence-corrected chi connectivity index (χ1v) is 11.4. The van der Waals surface area contributed by atoms with Gasteiger partial charge in [0.2, 0.25) is 17.8 Å². The molecule has 3 heterocycles. The third-order valence-electron chi connectivity index (χ3n) is 5.46. The Kier molecular flexibility index (Phi) is 6.18. The molecule has 3 N–H and O–H groups in total. The summed E-state index contributed by atoms with van der Waals surface area (Å²) >= 11 is 0. The van der Waals surface area contributed by atoms with Crippen molar-refractivity contribution in [1.82, 2.24) is 29.0 Å². The second-order valence-corrected chi connectivity index (χ2v) is 9.35. The third kappa shape index (κ3) is 4.84. The second-order valence-electron chi connectivity index (χ2n) is 7.41. The SMILES string of the molecule is CNS(=O)(=O)N(C)[C@H]1C[C@H](Oc2cc(-c3cnc(N)nc3)nc(N3CCOCC3)n2)C1. The molecule has 31 heavy (non-hydrogen) atoms. The molecule has 4 rings (SSSR count). The smallest absolute Gasteiger partial charge is 0.279 e. The Morgan fingerprint density at radius 3 is 2.55 bits per heavy atom. The number of ether oxygens (including phenoxy) is 2. The molecule has 1 aliphatic carbocycles. The standard InChI is InChI=1S/C18H26N8O4S/c1-20-31(27,28)25(2)13-7-14(8-13)30-16-9-15(12-10-21-17(19)22-11-12)23-18(24-16)26-3-5-29-6-4-26/h9-11,13-14,20H,3-8H2,1-2H3,(H2,19,21,22)/t13-,14-. The van der Waals surface area contributed by atoms with Crippen molar-refractivity contribution in [3.05, 3.63) is 18.5 Å². The van der Waals surface area contributed by atoms with E-state index < -0.39 is 10.2 Å². The molecule has 168 valence electrons. The molecule has 0 aromatic carbocycles. The van der Waals surface area contributed by atoms with E-state index in [-0.39, 0.29) is 18.1 Å². The van der Waals surface area contributed by atoms with Crippen LogP contribution in [0.2, 0.25) is 0 Å². The fourth-order valence-corrected chi connectivity index (χ4v) is 4.29. The van der Waals surface area contributed by atoms with Crippen molar-refractivity contribution >= 4 is 22.1 Å². The number of hydrogen-bond donors (Lipinski definition) is 2. The molecular formula is C18H26N8O4S. The minimum absolute atomic E-state index is 0.118. The average molecular weight is 451 g/mol. The van der Waals surface area contributed by atoms with E-state index in [9.17, 15) is 8.42 Å². The zero-order valence-corrected chi connectivity index (χ0v) is 18.2. The number of morpholine rings is 1. The van der Waals surface area contributed by atoms with Gasteiger partial charge in [-0.3, -0.25) is 0 Å². The predicted octanol–water partition coefficient (Wildman–Crippen LogP) is -0.342. The molecule has 1 saturated carbocycles. The van der Waals surface area contributed by atoms with Crippen LogP contribution in [0.15, 0.2) is 18.5 Å². The molecule has 2 aromatic rings. The fourth-order valence-electron chi connectivity index (χ4n) is 3.44. The van der Waals surface area contributed by atoms with Gasteiger partial charge in [0.1, 0.15) is 6.10 Å². The molecular weight excluding hydrogens is 424 g/mol. The lowest BCUT2D eigenvalue weighted by Gasteiger charge is -2.39. The maximum Gasteiger partial charge on any atom is 0.279 e. The van der Waals surface area contributed by atoms with Crippen LogP contribution in [0.3, 0.4) is 0 Å². The topological polar surface area (TPSA) is 149 Å². The minimum atomic E-state index is -3.46. The molecule has 1 saturated heterocycles. The van der Waals surface area contributed by atoms with Gasteiger partial charge in [-0.25, -0.2) is 19.7 Å². The summed E-state index contributed by atoms with van der Waals surface area (Å²) < 4.78 is 39.1. The summed E-state index contributed by atoms with van der Waals surface area (Å²) in [5.74, 6) is 1.15. The lowest BCUT2D eigenvalue weighted by atomic mass is 9.89. The summed E-state index contributed by atoms with van der Waals surface area (Å²) in [6, 6.07) is 1.62. The number of nitrogens with two attached hydrogens (primary N) is 1. The zero-order chi connectivity index (χ0) is 22.0. The van der Waals surface area contributed by atoms with E-state index >= 15 is 0 Å². The molecule has 1 aliphatic heterocycles. The quantitative estimate of drug-likeness (QED) is 0.573. The fraction of sp³-hybridized carbons (Fsp3) is 0.556. The zero-order valence-electron chi connectivity index (χ0n) is 17.4. The van der Waals surface area contributed by atoms with Crippen molar-refractivity contribution in [2.45, 2.75) is 25.0 Å². The Balaban J connectivity index is 1.53. The number of hydrogen-bond acceptors (Lipinski definition) is 10. The monoisotopic (exact) mass is 450 g/mol. The average Bonchev–Trinajstić information content (AvgIpc) is 2.76. The van der Waals surface area contributed by atoms with Crippen molar-refractivity contribution in [2.24, 2.45) is 0 Å². The number of rotatable bonds is 7. The molecule has 0 radical (unpaired) electrons. The van der Waals surface area contributed by atoms with Gasteiger partial charge in [0.05, 0.1) is 18.9 Å².